The highest BCUT2D eigenvalue weighted by Crippen LogP contribution is 2.29. The summed E-state index contributed by atoms with van der Waals surface area (Å²) < 4.78 is 39.5. The van der Waals surface area contributed by atoms with Gasteiger partial charge >= 0.3 is 0 Å². The molecule has 2 aliphatic heterocycles. The van der Waals surface area contributed by atoms with Gasteiger partial charge in [0.1, 0.15) is 5.69 Å². The van der Waals surface area contributed by atoms with Crippen LogP contribution < -0.4 is 5.32 Å². The van der Waals surface area contributed by atoms with Crippen LogP contribution in [-0.2, 0) is 19.6 Å². The van der Waals surface area contributed by atoms with Gasteiger partial charge in [-0.1, -0.05) is 35.0 Å². The Labute approximate surface area is 201 Å². The molecule has 9 heteroatoms. The second kappa shape index (κ2) is 10.4. The summed E-state index contributed by atoms with van der Waals surface area (Å²) in [5.74, 6) is -0.310. The third kappa shape index (κ3) is 5.42. The molecule has 34 heavy (non-hydrogen) atoms. The number of benzene rings is 1. The van der Waals surface area contributed by atoms with Crippen LogP contribution in [0.15, 0.2) is 27.6 Å². The molecule has 1 aromatic carbocycles. The molecule has 0 saturated carbocycles. The number of nitrogens with zero attached hydrogens (tertiary/aromatic N) is 2. The minimum Gasteiger partial charge on any atom is -0.376 e. The fourth-order valence-corrected chi connectivity index (χ4v) is 6.35. The van der Waals surface area contributed by atoms with Crippen LogP contribution in [0.4, 0.5) is 0 Å². The molecule has 8 nitrogen and oxygen atoms in total. The van der Waals surface area contributed by atoms with Crippen LogP contribution in [0, 0.1) is 26.7 Å². The molecule has 3 heterocycles. The van der Waals surface area contributed by atoms with Crippen LogP contribution in [-0.4, -0.2) is 56.1 Å². The van der Waals surface area contributed by atoms with Gasteiger partial charge in [0.05, 0.1) is 12.0 Å². The monoisotopic (exact) mass is 487 g/mol. The Morgan fingerprint density at radius 2 is 2.03 bits per heavy atom. The summed E-state index contributed by atoms with van der Waals surface area (Å²) in [7, 11) is -3.88. The molecule has 2 unspecified atom stereocenters. The minimum absolute atomic E-state index is 0.0541. The van der Waals surface area contributed by atoms with Crippen molar-refractivity contribution in [3.05, 3.63) is 46.3 Å². The fraction of sp³-hybridized carbons (Fsp3) is 0.520. The third-order valence-electron chi connectivity index (χ3n) is 6.56. The van der Waals surface area contributed by atoms with Crippen molar-refractivity contribution in [2.24, 2.45) is 5.92 Å². The van der Waals surface area contributed by atoms with E-state index in [1.807, 2.05) is 38.1 Å². The van der Waals surface area contributed by atoms with Crippen LogP contribution in [0.3, 0.4) is 0 Å². The number of carbonyl (C=O) groups excluding carboxylic acids is 1. The van der Waals surface area contributed by atoms with Gasteiger partial charge in [-0.05, 0) is 63.7 Å². The molecule has 1 aromatic heterocycles. The standard InChI is InChI=1S/C25H33N3O5S/c1-17-8-9-18(2)20(14-17)10-11-23-24(19(3)27-33-23)34(30,31)28-12-4-6-21(16-28)25(29)26-15-22-7-5-13-32-22/h8-11,14,21-22H,4-7,12-13,15-16H2,1-3H3,(H,26,29). The normalized spacial score (nSPS) is 21.9. The van der Waals surface area contributed by atoms with Crippen molar-refractivity contribution in [3.63, 3.8) is 0 Å². The third-order valence-corrected chi connectivity index (χ3v) is 8.59. The van der Waals surface area contributed by atoms with Gasteiger partial charge in [-0.3, -0.25) is 4.79 Å². The predicted octanol–water partition coefficient (Wildman–Crippen LogP) is 3.47. The first-order valence-corrected chi connectivity index (χ1v) is 13.3. The largest absolute Gasteiger partial charge is 0.376 e. The molecule has 2 aromatic rings. The van der Waals surface area contributed by atoms with Gasteiger partial charge in [-0.15, -0.1) is 0 Å². The van der Waals surface area contributed by atoms with Gasteiger partial charge in [0.15, 0.2) is 10.7 Å². The van der Waals surface area contributed by atoms with Crippen molar-refractivity contribution >= 4 is 28.1 Å². The molecule has 1 amide bonds. The Balaban J connectivity index is 1.50. The molecule has 0 aliphatic carbocycles. The lowest BCUT2D eigenvalue weighted by molar-refractivity contribution is -0.126. The molecule has 2 saturated heterocycles. The Morgan fingerprint density at radius 1 is 1.21 bits per heavy atom. The predicted molar refractivity (Wildman–Crippen MR) is 130 cm³/mol. The van der Waals surface area contributed by atoms with Crippen LogP contribution >= 0.6 is 0 Å². The Morgan fingerprint density at radius 3 is 2.79 bits per heavy atom. The van der Waals surface area contributed by atoms with E-state index in [0.29, 0.717) is 31.6 Å². The molecule has 0 radical (unpaired) electrons. The molecule has 2 fully saturated rings. The number of amides is 1. The van der Waals surface area contributed by atoms with E-state index in [1.165, 1.54) is 4.31 Å². The van der Waals surface area contributed by atoms with E-state index in [0.717, 1.165) is 36.1 Å². The molecule has 4 rings (SSSR count). The quantitative estimate of drug-likeness (QED) is 0.642. The number of rotatable bonds is 7. The van der Waals surface area contributed by atoms with E-state index in [9.17, 15) is 13.2 Å². The second-order valence-corrected chi connectivity index (χ2v) is 11.1. The molecular weight excluding hydrogens is 454 g/mol. The highest BCUT2D eigenvalue weighted by atomic mass is 32.2. The van der Waals surface area contributed by atoms with Crippen molar-refractivity contribution in [2.45, 2.75) is 57.5 Å². The zero-order valence-corrected chi connectivity index (χ0v) is 20.9. The lowest BCUT2D eigenvalue weighted by Gasteiger charge is -2.31. The van der Waals surface area contributed by atoms with E-state index in [1.54, 1.807) is 13.0 Å². The molecule has 0 bridgehead atoms. The van der Waals surface area contributed by atoms with E-state index in [2.05, 4.69) is 10.5 Å². The molecule has 1 N–H and O–H groups in total. The van der Waals surface area contributed by atoms with Crippen LogP contribution in [0.25, 0.3) is 12.2 Å². The summed E-state index contributed by atoms with van der Waals surface area (Å²) >= 11 is 0. The van der Waals surface area contributed by atoms with Gasteiger partial charge in [0.2, 0.25) is 15.9 Å². The van der Waals surface area contributed by atoms with E-state index in [-0.39, 0.29) is 35.1 Å². The first-order chi connectivity index (χ1) is 16.3. The van der Waals surface area contributed by atoms with Crippen molar-refractivity contribution in [1.29, 1.82) is 0 Å². The van der Waals surface area contributed by atoms with Crippen LogP contribution in [0.1, 0.15) is 53.8 Å². The molecule has 0 spiro atoms. The Bertz CT molecular complexity index is 1170. The average molecular weight is 488 g/mol. The second-order valence-electron chi connectivity index (χ2n) is 9.24. The molecule has 2 atom stereocenters. The van der Waals surface area contributed by atoms with Gasteiger partial charge in [0, 0.05) is 26.2 Å². The van der Waals surface area contributed by atoms with E-state index < -0.39 is 10.0 Å². The van der Waals surface area contributed by atoms with E-state index >= 15 is 0 Å². The van der Waals surface area contributed by atoms with Gasteiger partial charge < -0.3 is 14.6 Å². The number of piperidine rings is 1. The number of hydrogen-bond acceptors (Lipinski definition) is 6. The zero-order chi connectivity index (χ0) is 24.3. The van der Waals surface area contributed by atoms with Crippen molar-refractivity contribution in [2.75, 3.05) is 26.2 Å². The van der Waals surface area contributed by atoms with Crippen LogP contribution in [0.5, 0.6) is 0 Å². The lowest BCUT2D eigenvalue weighted by atomic mass is 9.99. The lowest BCUT2D eigenvalue weighted by Crippen LogP contribution is -2.46. The van der Waals surface area contributed by atoms with Gasteiger partial charge in [0.25, 0.3) is 0 Å². The van der Waals surface area contributed by atoms with Crippen molar-refractivity contribution < 1.29 is 22.5 Å². The number of hydrogen-bond donors (Lipinski definition) is 1. The van der Waals surface area contributed by atoms with Crippen molar-refractivity contribution in [1.82, 2.24) is 14.8 Å². The van der Waals surface area contributed by atoms with Crippen molar-refractivity contribution in [3.8, 4) is 0 Å². The summed E-state index contributed by atoms with van der Waals surface area (Å²) in [4.78, 5) is 12.8. The molecular formula is C25H33N3O5S. The van der Waals surface area contributed by atoms with Gasteiger partial charge in [-0.25, -0.2) is 8.42 Å². The maximum Gasteiger partial charge on any atom is 0.248 e. The highest BCUT2D eigenvalue weighted by molar-refractivity contribution is 7.89. The maximum absolute atomic E-state index is 13.6. The smallest absolute Gasteiger partial charge is 0.248 e. The first-order valence-electron chi connectivity index (χ1n) is 11.9. The Kier molecular flexibility index (Phi) is 7.54. The molecule has 2 aliphatic rings. The number of carbonyl (C=O) groups is 1. The number of nitrogens with one attached hydrogen (secondary N) is 1. The first kappa shape index (κ1) is 24.6. The van der Waals surface area contributed by atoms with Crippen LogP contribution in [0.2, 0.25) is 0 Å². The van der Waals surface area contributed by atoms with Gasteiger partial charge in [-0.2, -0.15) is 4.31 Å². The summed E-state index contributed by atoms with van der Waals surface area (Å²) in [6.45, 7) is 7.35. The number of aromatic nitrogens is 1. The maximum atomic E-state index is 13.6. The summed E-state index contributed by atoms with van der Waals surface area (Å²) in [6.07, 6.45) is 6.79. The summed E-state index contributed by atoms with van der Waals surface area (Å²) in [5.41, 5.74) is 3.49. The fourth-order valence-electron chi connectivity index (χ4n) is 4.57. The highest BCUT2D eigenvalue weighted by Gasteiger charge is 2.37. The SMILES string of the molecule is Cc1ccc(C)c(C=Cc2onc(C)c2S(=O)(=O)N2CCCC(C(=O)NCC3CCCO3)C2)c1. The number of aryl methyl sites for hydroxylation is 3. The zero-order valence-electron chi connectivity index (χ0n) is 20.0. The minimum atomic E-state index is -3.88. The molecule has 184 valence electrons. The average Bonchev–Trinajstić information content (AvgIpc) is 3.48. The topological polar surface area (TPSA) is 102 Å². The summed E-state index contributed by atoms with van der Waals surface area (Å²) in [6, 6.07) is 6.09. The Hall–Kier alpha value is -2.49. The summed E-state index contributed by atoms with van der Waals surface area (Å²) in [5, 5.41) is 6.88. The number of sulfonamides is 1. The van der Waals surface area contributed by atoms with E-state index in [4.69, 9.17) is 9.26 Å². The number of ether oxygens (including phenoxy) is 1.